The molecule has 1 spiro atoms. The zero-order chi connectivity index (χ0) is 13.5. The molecule has 3 nitrogen and oxygen atoms in total. The van der Waals surface area contributed by atoms with Gasteiger partial charge >= 0.3 is 0 Å². The van der Waals surface area contributed by atoms with E-state index in [0.29, 0.717) is 11.7 Å². The molecule has 0 bridgehead atoms. The minimum Gasteiger partial charge on any atom is -0.314 e. The largest absolute Gasteiger partial charge is 0.314 e. The maximum atomic E-state index is 13.4. The van der Waals surface area contributed by atoms with Crippen LogP contribution in [0.1, 0.15) is 19.8 Å². The summed E-state index contributed by atoms with van der Waals surface area (Å²) in [5.41, 5.74) is 0.347. The summed E-state index contributed by atoms with van der Waals surface area (Å²) in [7, 11) is 0. The lowest BCUT2D eigenvalue weighted by Gasteiger charge is -2.43. The summed E-state index contributed by atoms with van der Waals surface area (Å²) in [4.78, 5) is 13.9. The Bertz CT molecular complexity index is 543. The molecule has 0 radical (unpaired) electrons. The molecule has 1 amide bonds. The molecule has 100 valence electrons. The summed E-state index contributed by atoms with van der Waals surface area (Å²) < 4.78 is 13.4. The van der Waals surface area contributed by atoms with Crippen LogP contribution in [0, 0.1) is 5.82 Å². The van der Waals surface area contributed by atoms with Crippen molar-refractivity contribution in [2.45, 2.75) is 31.3 Å². The quantitative estimate of drug-likeness (QED) is 0.840. The Morgan fingerprint density at radius 1 is 1.47 bits per heavy atom. The molecule has 0 unspecified atom stereocenters. The molecule has 2 heterocycles. The Kier molecular flexibility index (Phi) is 2.90. The molecule has 3 rings (SSSR count). The summed E-state index contributed by atoms with van der Waals surface area (Å²) >= 11 is 0. The first-order valence-electron chi connectivity index (χ1n) is 6.63. The van der Waals surface area contributed by atoms with Gasteiger partial charge in [0.25, 0.3) is 5.91 Å². The number of halogens is 1. The van der Waals surface area contributed by atoms with E-state index in [0.717, 1.165) is 19.4 Å². The van der Waals surface area contributed by atoms with Crippen LogP contribution in [0.5, 0.6) is 0 Å². The van der Waals surface area contributed by atoms with Crippen molar-refractivity contribution in [3.63, 3.8) is 0 Å². The number of hydrogen-bond acceptors (Lipinski definition) is 2. The molecular formula is C15H17FN2O. The molecule has 2 aliphatic rings. The molecule has 0 saturated carbocycles. The van der Waals surface area contributed by atoms with Gasteiger partial charge in [-0.05, 0) is 44.5 Å². The third kappa shape index (κ3) is 2.06. The van der Waals surface area contributed by atoms with Crippen LogP contribution in [-0.2, 0) is 4.79 Å². The number of piperidine rings is 1. The highest BCUT2D eigenvalue weighted by Crippen LogP contribution is 2.38. The van der Waals surface area contributed by atoms with Crippen LogP contribution >= 0.6 is 0 Å². The smallest absolute Gasteiger partial charge is 0.251 e. The third-order valence-electron chi connectivity index (χ3n) is 3.98. The van der Waals surface area contributed by atoms with Crippen LogP contribution in [0.15, 0.2) is 36.4 Å². The SMILES string of the molecule is C[C@@H]1C[C@@]2(C=CC(=O)N2c2cccc(F)c2)CCN1. The fourth-order valence-corrected chi connectivity index (χ4v) is 3.19. The molecule has 4 heteroatoms. The van der Waals surface area contributed by atoms with E-state index in [9.17, 15) is 9.18 Å². The number of anilines is 1. The van der Waals surface area contributed by atoms with Crippen LogP contribution in [-0.4, -0.2) is 24.0 Å². The highest BCUT2D eigenvalue weighted by Gasteiger charge is 2.44. The van der Waals surface area contributed by atoms with Crippen molar-refractivity contribution in [2.24, 2.45) is 0 Å². The maximum Gasteiger partial charge on any atom is 0.251 e. The van der Waals surface area contributed by atoms with Gasteiger partial charge in [0.05, 0.1) is 5.54 Å². The monoisotopic (exact) mass is 260 g/mol. The average Bonchev–Trinajstić information content (AvgIpc) is 2.66. The first kappa shape index (κ1) is 12.4. The summed E-state index contributed by atoms with van der Waals surface area (Å²) in [5, 5.41) is 3.39. The van der Waals surface area contributed by atoms with Crippen molar-refractivity contribution < 1.29 is 9.18 Å². The van der Waals surface area contributed by atoms with Gasteiger partial charge in [0.15, 0.2) is 0 Å². The molecule has 1 N–H and O–H groups in total. The second-order valence-corrected chi connectivity index (χ2v) is 5.40. The molecule has 1 aromatic carbocycles. The Morgan fingerprint density at radius 2 is 2.32 bits per heavy atom. The van der Waals surface area contributed by atoms with Crippen molar-refractivity contribution in [1.29, 1.82) is 0 Å². The second-order valence-electron chi connectivity index (χ2n) is 5.40. The first-order chi connectivity index (χ1) is 9.11. The molecule has 2 atom stereocenters. The van der Waals surface area contributed by atoms with Crippen LogP contribution in [0.2, 0.25) is 0 Å². The second kappa shape index (κ2) is 4.46. The molecule has 19 heavy (non-hydrogen) atoms. The predicted octanol–water partition coefficient (Wildman–Crippen LogP) is 2.24. The van der Waals surface area contributed by atoms with Gasteiger partial charge in [-0.1, -0.05) is 12.1 Å². The molecule has 0 aromatic heterocycles. The van der Waals surface area contributed by atoms with E-state index >= 15 is 0 Å². The van der Waals surface area contributed by atoms with E-state index in [1.54, 1.807) is 23.1 Å². The van der Waals surface area contributed by atoms with Crippen molar-refractivity contribution in [3.05, 3.63) is 42.2 Å². The molecule has 2 aliphatic heterocycles. The lowest BCUT2D eigenvalue weighted by molar-refractivity contribution is -0.114. The van der Waals surface area contributed by atoms with Gasteiger partial charge in [0.1, 0.15) is 5.82 Å². The molecule has 1 aromatic rings. The topological polar surface area (TPSA) is 32.3 Å². The predicted molar refractivity (Wildman–Crippen MR) is 72.5 cm³/mol. The van der Waals surface area contributed by atoms with Crippen molar-refractivity contribution >= 4 is 11.6 Å². The van der Waals surface area contributed by atoms with Crippen molar-refractivity contribution in [2.75, 3.05) is 11.4 Å². The van der Waals surface area contributed by atoms with E-state index in [1.165, 1.54) is 12.1 Å². The normalized spacial score (nSPS) is 30.3. The van der Waals surface area contributed by atoms with E-state index in [2.05, 4.69) is 12.2 Å². The highest BCUT2D eigenvalue weighted by atomic mass is 19.1. The van der Waals surface area contributed by atoms with E-state index < -0.39 is 0 Å². The number of nitrogens with zero attached hydrogens (tertiary/aromatic N) is 1. The molecular weight excluding hydrogens is 243 g/mol. The number of carbonyl (C=O) groups is 1. The van der Waals surface area contributed by atoms with Crippen molar-refractivity contribution in [1.82, 2.24) is 5.32 Å². The summed E-state index contributed by atoms with van der Waals surface area (Å²) in [6.45, 7) is 2.98. The zero-order valence-electron chi connectivity index (χ0n) is 10.9. The van der Waals surface area contributed by atoms with E-state index in [1.807, 2.05) is 6.08 Å². The minimum absolute atomic E-state index is 0.0558. The Balaban J connectivity index is 2.00. The zero-order valence-corrected chi connectivity index (χ0v) is 10.9. The van der Waals surface area contributed by atoms with Crippen LogP contribution in [0.3, 0.4) is 0 Å². The van der Waals surface area contributed by atoms with Gasteiger partial charge < -0.3 is 5.32 Å². The average molecular weight is 260 g/mol. The van der Waals surface area contributed by atoms with Crippen LogP contribution in [0.4, 0.5) is 10.1 Å². The Morgan fingerprint density at radius 3 is 3.05 bits per heavy atom. The summed E-state index contributed by atoms with van der Waals surface area (Å²) in [5.74, 6) is -0.367. The highest BCUT2D eigenvalue weighted by molar-refractivity contribution is 6.06. The minimum atomic E-state index is -0.311. The van der Waals surface area contributed by atoms with Gasteiger partial charge in [-0.25, -0.2) is 4.39 Å². The first-order valence-corrected chi connectivity index (χ1v) is 6.63. The third-order valence-corrected chi connectivity index (χ3v) is 3.98. The van der Waals surface area contributed by atoms with Crippen LogP contribution < -0.4 is 10.2 Å². The number of benzene rings is 1. The standard InChI is InChI=1S/C15H17FN2O/c1-11-10-15(7-8-17-11)6-5-14(19)18(15)13-4-2-3-12(16)9-13/h2-6,9,11,17H,7-8,10H2,1H3/t11-,15-/m1/s1. The van der Waals surface area contributed by atoms with Gasteiger partial charge in [-0.2, -0.15) is 0 Å². The maximum absolute atomic E-state index is 13.4. The lowest BCUT2D eigenvalue weighted by atomic mass is 9.84. The molecule has 0 aliphatic carbocycles. The number of nitrogens with one attached hydrogen (secondary N) is 1. The van der Waals surface area contributed by atoms with E-state index in [4.69, 9.17) is 0 Å². The number of hydrogen-bond donors (Lipinski definition) is 1. The number of carbonyl (C=O) groups excluding carboxylic acids is 1. The summed E-state index contributed by atoms with van der Waals surface area (Å²) in [6.07, 6.45) is 5.31. The van der Waals surface area contributed by atoms with Crippen LogP contribution in [0.25, 0.3) is 0 Å². The number of rotatable bonds is 1. The van der Waals surface area contributed by atoms with E-state index in [-0.39, 0.29) is 17.3 Å². The van der Waals surface area contributed by atoms with Gasteiger partial charge in [-0.3, -0.25) is 9.69 Å². The Labute approximate surface area is 112 Å². The van der Waals surface area contributed by atoms with Gasteiger partial charge in [0, 0.05) is 17.8 Å². The van der Waals surface area contributed by atoms with Gasteiger partial charge in [0.2, 0.25) is 0 Å². The summed E-state index contributed by atoms with van der Waals surface area (Å²) in [6, 6.07) is 6.62. The fraction of sp³-hybridized carbons (Fsp3) is 0.400. The fourth-order valence-electron chi connectivity index (χ4n) is 3.19. The van der Waals surface area contributed by atoms with Gasteiger partial charge in [-0.15, -0.1) is 0 Å². The molecule has 1 fully saturated rings. The lowest BCUT2D eigenvalue weighted by Crippen LogP contribution is -2.55. The molecule has 1 saturated heterocycles. The number of amides is 1. The van der Waals surface area contributed by atoms with Crippen molar-refractivity contribution in [3.8, 4) is 0 Å². The Hall–Kier alpha value is -1.68.